The maximum absolute atomic E-state index is 12.9. The van der Waals surface area contributed by atoms with Crippen LogP contribution in [0.2, 0.25) is 15.1 Å². The number of hydrogen-bond donors (Lipinski definition) is 3. The minimum Gasteiger partial charge on any atom is -0.481 e. The zero-order valence-corrected chi connectivity index (χ0v) is 58.7. The largest absolute Gasteiger partial charge is 0.673 e. The van der Waals surface area contributed by atoms with Crippen molar-refractivity contribution in [1.29, 1.82) is 0 Å². The van der Waals surface area contributed by atoms with E-state index in [0.29, 0.717) is 48.0 Å². The topological polar surface area (TPSA) is 284 Å². The monoisotopic (exact) mass is 1560 g/mol. The minimum absolute atomic E-state index is 0. The number of carbonyl (C=O) groups is 6. The Labute approximate surface area is 588 Å². The van der Waals surface area contributed by atoms with E-state index >= 15 is 0 Å². The molecule has 2 amide bonds. The van der Waals surface area contributed by atoms with Crippen LogP contribution in [-0.2, 0) is 55.2 Å². The minimum atomic E-state index is -6.00. The van der Waals surface area contributed by atoms with Gasteiger partial charge in [-0.15, -0.1) is 25.2 Å². The molecule has 2 aromatic heterocycles. The number of carbonyl (C=O) groups excluding carboxylic acids is 4. The summed E-state index contributed by atoms with van der Waals surface area (Å²) in [5.41, 5.74) is 1.57. The number of benzene rings is 5. The molecule has 2 aliphatic heterocycles. The van der Waals surface area contributed by atoms with Crippen molar-refractivity contribution in [1.82, 2.24) is 50.6 Å². The summed E-state index contributed by atoms with van der Waals surface area (Å²) >= 11 is 17.7. The Morgan fingerprint density at radius 2 is 0.990 bits per heavy atom. The number of carboxylic acids is 2. The van der Waals surface area contributed by atoms with Gasteiger partial charge >= 0.3 is 64.5 Å². The molecule has 32 heteroatoms. The van der Waals surface area contributed by atoms with Gasteiger partial charge < -0.3 is 46.4 Å². The summed E-state index contributed by atoms with van der Waals surface area (Å²) in [6.07, 6.45) is 2.34. The van der Waals surface area contributed by atoms with Crippen LogP contribution in [0, 0.1) is 19.0 Å². The number of nitrogens with zero attached hydrogens (tertiary/aromatic N) is 9. The van der Waals surface area contributed by atoms with Gasteiger partial charge in [0.25, 0.3) is 0 Å². The Morgan fingerprint density at radius 3 is 1.34 bits per heavy atom. The van der Waals surface area contributed by atoms with E-state index in [0.717, 1.165) is 34.0 Å². The second kappa shape index (κ2) is 36.8. The number of aromatic amines is 1. The average Bonchev–Trinajstić information content (AvgIpc) is 1.66. The first kappa shape index (κ1) is 79.3. The Hall–Kier alpha value is -7.44. The Bertz CT molecular complexity index is 3550. The van der Waals surface area contributed by atoms with E-state index in [9.17, 15) is 46.0 Å². The van der Waals surface area contributed by atoms with Crippen molar-refractivity contribution in [2.24, 2.45) is 11.8 Å². The number of halogens is 8. The van der Waals surface area contributed by atoms with Gasteiger partial charge in [-0.05, 0) is 165 Å². The molecule has 7 aromatic rings. The maximum atomic E-state index is 12.9. The molecule has 1 radical (unpaired) electrons. The number of nitrogens with one attached hydrogen (secondary N) is 1. The molecule has 2 saturated carbocycles. The van der Waals surface area contributed by atoms with E-state index < -0.39 is 78.7 Å². The van der Waals surface area contributed by atoms with Crippen molar-refractivity contribution in [3.63, 3.8) is 0 Å². The third kappa shape index (κ3) is 25.9. The fraction of sp³-hybridized carbons (Fsp3) is 0.406. The average molecular weight is 1560 g/mol. The molecule has 96 heavy (non-hydrogen) atoms. The van der Waals surface area contributed by atoms with Crippen LogP contribution in [-0.4, -0.2) is 141 Å². The van der Waals surface area contributed by atoms with Crippen LogP contribution in [0.15, 0.2) is 133 Å². The number of rotatable bonds is 13. The van der Waals surface area contributed by atoms with Crippen LogP contribution >= 0.6 is 34.8 Å². The normalized spacial score (nSPS) is 19.7. The molecule has 8 atom stereocenters. The second-order valence-electron chi connectivity index (χ2n) is 23.5. The summed E-state index contributed by atoms with van der Waals surface area (Å²) in [6.45, 7) is 14.5. The second-order valence-corrected chi connectivity index (χ2v) is 27.9. The molecule has 22 nitrogen and oxygen atoms in total. The van der Waals surface area contributed by atoms with Crippen molar-refractivity contribution in [2.75, 3.05) is 13.2 Å². The molecule has 4 fully saturated rings. The van der Waals surface area contributed by atoms with Crippen LogP contribution in [0.25, 0.3) is 5.69 Å². The Kier molecular flexibility index (Phi) is 30.4. The molecular formula is C64H73BCl3CuF4IN10O12. The number of aliphatic carboxylic acids is 2. The van der Waals surface area contributed by atoms with Crippen molar-refractivity contribution in [2.45, 2.75) is 141 Å². The molecule has 11 rings (SSSR count). The molecule has 3 N–H and O–H groups in total. The summed E-state index contributed by atoms with van der Waals surface area (Å²) in [5.74, 6) is -1.29. The number of amides is 2. The fourth-order valence-electron chi connectivity index (χ4n) is 9.82. The zero-order valence-electron chi connectivity index (χ0n) is 53.4. The number of esters is 2. The molecule has 0 unspecified atom stereocenters. The zero-order chi connectivity index (χ0) is 69.8. The molecule has 5 aromatic carbocycles. The van der Waals surface area contributed by atoms with E-state index in [4.69, 9.17) is 64.0 Å². The number of H-pyrrole nitrogens is 1. The third-order valence-electron chi connectivity index (χ3n) is 14.0. The third-order valence-corrected chi connectivity index (χ3v) is 17.3. The number of hydrogen-bond acceptors (Lipinski definition) is 16. The van der Waals surface area contributed by atoms with Crippen LogP contribution in [0.5, 0.6) is 0 Å². The summed E-state index contributed by atoms with van der Waals surface area (Å²) in [6, 6.07) is 40.3. The van der Waals surface area contributed by atoms with Gasteiger partial charge in [-0.1, -0.05) is 119 Å². The van der Waals surface area contributed by atoms with Crippen molar-refractivity contribution >= 4 is 78.1 Å². The van der Waals surface area contributed by atoms with Crippen molar-refractivity contribution < 1.29 is 113 Å². The van der Waals surface area contributed by atoms with E-state index in [-0.39, 0.29) is 75.2 Å². The number of aromatic nitrogens is 8. The van der Waals surface area contributed by atoms with Crippen molar-refractivity contribution in [3.8, 4) is 5.69 Å². The Morgan fingerprint density at radius 1 is 0.583 bits per heavy atom. The molecule has 2 saturated heterocycles. The number of likely N-dealkylation sites (tertiary alicyclic amines) is 2. The van der Waals surface area contributed by atoms with Crippen molar-refractivity contribution in [3.05, 3.63) is 178 Å². The van der Waals surface area contributed by atoms with Crippen LogP contribution in [0.1, 0.15) is 141 Å². The molecule has 4 heterocycles. The van der Waals surface area contributed by atoms with Gasteiger partial charge in [0.2, 0.25) is 0 Å². The molecule has 4 aliphatic rings. The maximum Gasteiger partial charge on any atom is 0.673 e. The van der Waals surface area contributed by atoms with Gasteiger partial charge in [0.05, 0.1) is 42.8 Å². The summed E-state index contributed by atoms with van der Waals surface area (Å²) < 4.78 is 62.7. The summed E-state index contributed by atoms with van der Waals surface area (Å²) in [7, 11) is -6.00. The first-order valence-corrected chi connectivity index (χ1v) is 33.4. The van der Waals surface area contributed by atoms with Crippen LogP contribution in [0.3, 0.4) is 0 Å². The SMILES string of the molecule is CCOC(=O)[C@@H]1CC[C@H](c2nn[nH]n2)N1C(=O)OC(C)(C)C.CCOC(=O)[C@@H]1CC[C@H](c2nnn(-c3cccc(Cl)c3)n2)N1C(=O)OC(C)(C)C.Clc1cccc([I+]c2cccc(Cl)c2)c1.F[B-](F)(F)F.O=C(O)[C@@H]1C[C@@H]1c1ccccc1.O=C(O)[C@H]1C[C@H]1c1ccccc1.[Cu]. The van der Waals surface area contributed by atoms with Gasteiger partial charge in [0.1, 0.15) is 23.3 Å². The predicted molar refractivity (Wildman–Crippen MR) is 340 cm³/mol. The molecular weight excluding hydrogens is 1480 g/mol. The van der Waals surface area contributed by atoms with Gasteiger partial charge in [0.15, 0.2) is 18.8 Å². The molecule has 0 bridgehead atoms. The van der Waals surface area contributed by atoms with E-state index in [1.807, 2.05) is 97.1 Å². The Balaban J connectivity index is 0.000000221. The summed E-state index contributed by atoms with van der Waals surface area (Å²) in [5, 5.41) is 45.8. The smallest absolute Gasteiger partial charge is 0.481 e. The van der Waals surface area contributed by atoms with Gasteiger partial charge in [-0.25, -0.2) is 19.2 Å². The number of carboxylic acid groups (broad SMARTS) is 2. The van der Waals surface area contributed by atoms with Crippen LogP contribution in [0.4, 0.5) is 26.9 Å². The number of ether oxygens (including phenoxy) is 4. The van der Waals surface area contributed by atoms with E-state index in [1.54, 1.807) is 79.7 Å². The molecule has 0 spiro atoms. The first-order chi connectivity index (χ1) is 44.8. The predicted octanol–water partition coefficient (Wildman–Crippen LogP) is 10.7. The quantitative estimate of drug-likeness (QED) is 0.0318. The van der Waals surface area contributed by atoms with E-state index in [2.05, 4.69) is 48.2 Å². The van der Waals surface area contributed by atoms with Crippen LogP contribution < -0.4 is 21.2 Å². The molecule has 521 valence electrons. The number of tetrazole rings is 2. The molecule has 2 aliphatic carbocycles. The standard InChI is InChI=1S/C19H24ClN5O4.C13H21N5O4.C12H8Cl2I.2C10H10O2.BF4.Cu/c1-5-28-17(26)15-10-9-14(24(15)18(27)29-19(2,3)4)16-21-23-25(22-16)13-8-6-7-12(20)11-13;1-5-21-11(19)9-7-6-8(10-14-16-17-15-10)18(9)12(20)22-13(2,3)4;13-9-3-1-5-11(7-9)15-12-6-2-4-10(14)8-12;2*11-10(12)9-6-8(9)7-4-2-1-3-5-7;2-1(3,4)5;/h6-8,11,14-15H,5,9-10H2,1-4H3;8-9H,5-7H2,1-4H3,(H,14,15,16,17);1-8H;2*1-5,8-9H,6H2,(H,11,12);;/q;;+1;;;-1;/t14-,15+;8-,9+;;2*8-,9-;;/m11.10../s1. The van der Waals surface area contributed by atoms with Gasteiger partial charge in [-0.2, -0.15) is 5.21 Å². The van der Waals surface area contributed by atoms with E-state index in [1.165, 1.54) is 21.7 Å². The fourth-order valence-corrected chi connectivity index (χ4v) is 13.2. The van der Waals surface area contributed by atoms with Gasteiger partial charge in [-0.3, -0.25) is 19.4 Å². The summed E-state index contributed by atoms with van der Waals surface area (Å²) in [4.78, 5) is 75.0. The van der Waals surface area contributed by atoms with Gasteiger partial charge in [0, 0.05) is 44.3 Å². The first-order valence-electron chi connectivity index (χ1n) is 30.1.